The van der Waals surface area contributed by atoms with Gasteiger partial charge in [0.1, 0.15) is 11.1 Å². The van der Waals surface area contributed by atoms with Crippen LogP contribution in [0.4, 0.5) is 0 Å². The standard InChI is InChI=1S/C25H21ClN4O4S/c1-34-19(31)11-18-24(33)30-22(28)16(12-27)20(15-9-5-6-10-17(15)26)21(25(30)35-18)23(32)29-13-14-7-3-2-4-8-14/h2-10,18,20H,11,13,28H2,1H3,(H,29,32)/t18-,20+/m0/s1. The highest BCUT2D eigenvalue weighted by Gasteiger charge is 2.48. The van der Waals surface area contributed by atoms with Crippen LogP contribution >= 0.6 is 23.4 Å². The van der Waals surface area contributed by atoms with Gasteiger partial charge in [-0.25, -0.2) is 0 Å². The maximum Gasteiger partial charge on any atom is 0.307 e. The second-order valence-electron chi connectivity index (χ2n) is 7.81. The van der Waals surface area contributed by atoms with Crippen LogP contribution in [0.15, 0.2) is 76.6 Å². The first-order valence-electron chi connectivity index (χ1n) is 10.6. The molecule has 4 rings (SSSR count). The smallest absolute Gasteiger partial charge is 0.307 e. The maximum atomic E-state index is 13.6. The van der Waals surface area contributed by atoms with Gasteiger partial charge in [0.15, 0.2) is 0 Å². The molecule has 2 aliphatic rings. The number of methoxy groups -OCH3 is 1. The highest BCUT2D eigenvalue weighted by Crippen LogP contribution is 2.50. The lowest BCUT2D eigenvalue weighted by Crippen LogP contribution is -2.40. The van der Waals surface area contributed by atoms with Crippen molar-refractivity contribution in [2.75, 3.05) is 7.11 Å². The predicted octanol–water partition coefficient (Wildman–Crippen LogP) is 3.17. The number of hydrogen-bond acceptors (Lipinski definition) is 7. The monoisotopic (exact) mass is 508 g/mol. The molecule has 3 N–H and O–H groups in total. The number of nitrogens with zero attached hydrogens (tertiary/aromatic N) is 2. The van der Waals surface area contributed by atoms with Crippen LogP contribution in [0, 0.1) is 11.3 Å². The molecule has 35 heavy (non-hydrogen) atoms. The number of allylic oxidation sites excluding steroid dienone is 1. The van der Waals surface area contributed by atoms with Crippen molar-refractivity contribution in [3.05, 3.63) is 92.7 Å². The van der Waals surface area contributed by atoms with Crippen LogP contribution in [-0.2, 0) is 25.7 Å². The maximum absolute atomic E-state index is 13.6. The number of carbonyl (C=O) groups excluding carboxylic acids is 3. The van der Waals surface area contributed by atoms with Gasteiger partial charge in [-0.05, 0) is 17.2 Å². The number of halogens is 1. The molecule has 0 spiro atoms. The highest BCUT2D eigenvalue weighted by molar-refractivity contribution is 8.04. The topological polar surface area (TPSA) is 126 Å². The fourth-order valence-corrected chi connectivity index (χ4v) is 5.61. The average molecular weight is 509 g/mol. The van der Waals surface area contributed by atoms with Gasteiger partial charge in [0, 0.05) is 11.6 Å². The number of fused-ring (bicyclic) bond motifs is 1. The molecule has 1 fully saturated rings. The molecule has 2 amide bonds. The summed E-state index contributed by atoms with van der Waals surface area (Å²) in [6.07, 6.45) is -0.204. The molecule has 0 aliphatic carbocycles. The third-order valence-corrected chi connectivity index (χ3v) is 7.36. The summed E-state index contributed by atoms with van der Waals surface area (Å²) < 4.78 is 4.72. The lowest BCUT2D eigenvalue weighted by atomic mass is 9.82. The Bertz CT molecular complexity index is 1300. The molecular formula is C25H21ClN4O4S. The van der Waals surface area contributed by atoms with Crippen molar-refractivity contribution in [2.45, 2.75) is 24.1 Å². The summed E-state index contributed by atoms with van der Waals surface area (Å²) in [6.45, 7) is 0.233. The Balaban J connectivity index is 1.83. The number of thioether (sulfide) groups is 1. The Morgan fingerprint density at radius 3 is 2.54 bits per heavy atom. The van der Waals surface area contributed by atoms with E-state index < -0.39 is 29.0 Å². The van der Waals surface area contributed by atoms with Gasteiger partial charge in [-0.15, -0.1) is 0 Å². The molecule has 0 saturated carbocycles. The van der Waals surface area contributed by atoms with E-state index >= 15 is 0 Å². The van der Waals surface area contributed by atoms with E-state index in [0.29, 0.717) is 10.6 Å². The molecule has 1 saturated heterocycles. The number of esters is 1. The minimum Gasteiger partial charge on any atom is -0.469 e. The lowest BCUT2D eigenvalue weighted by Gasteiger charge is -2.32. The molecule has 0 radical (unpaired) electrons. The van der Waals surface area contributed by atoms with E-state index in [1.807, 2.05) is 30.3 Å². The molecule has 0 unspecified atom stereocenters. The summed E-state index contributed by atoms with van der Waals surface area (Å²) >= 11 is 7.54. The van der Waals surface area contributed by atoms with E-state index in [1.165, 1.54) is 7.11 Å². The third kappa shape index (κ3) is 4.63. The van der Waals surface area contributed by atoms with Crippen molar-refractivity contribution < 1.29 is 19.1 Å². The predicted molar refractivity (Wildman–Crippen MR) is 131 cm³/mol. The van der Waals surface area contributed by atoms with Gasteiger partial charge >= 0.3 is 5.97 Å². The summed E-state index contributed by atoms with van der Waals surface area (Å²) in [7, 11) is 1.23. The molecule has 0 bridgehead atoms. The number of benzene rings is 2. The van der Waals surface area contributed by atoms with Crippen molar-refractivity contribution in [3.63, 3.8) is 0 Å². The number of nitriles is 1. The second kappa shape index (κ2) is 10.3. The zero-order valence-electron chi connectivity index (χ0n) is 18.7. The Morgan fingerprint density at radius 2 is 1.89 bits per heavy atom. The van der Waals surface area contributed by atoms with Crippen molar-refractivity contribution in [1.82, 2.24) is 10.2 Å². The number of rotatable bonds is 6. The fraction of sp³-hybridized carbons (Fsp3) is 0.200. The summed E-state index contributed by atoms with van der Waals surface area (Å²) in [4.78, 5) is 39.9. The molecule has 2 aliphatic heterocycles. The Labute approximate surface area is 211 Å². The minimum absolute atomic E-state index is 0.0272. The first-order valence-corrected chi connectivity index (χ1v) is 11.9. The van der Waals surface area contributed by atoms with E-state index in [2.05, 4.69) is 11.4 Å². The molecule has 2 aromatic rings. The quantitative estimate of drug-likeness (QED) is 0.574. The van der Waals surface area contributed by atoms with Crippen LogP contribution in [0.25, 0.3) is 0 Å². The number of amides is 2. The summed E-state index contributed by atoms with van der Waals surface area (Å²) in [5, 5.41) is 12.7. The summed E-state index contributed by atoms with van der Waals surface area (Å²) in [6, 6.07) is 18.3. The molecule has 0 aromatic heterocycles. The van der Waals surface area contributed by atoms with Gasteiger partial charge < -0.3 is 15.8 Å². The van der Waals surface area contributed by atoms with Gasteiger partial charge in [0.05, 0.1) is 41.7 Å². The Kier molecular flexibility index (Phi) is 7.15. The van der Waals surface area contributed by atoms with Crippen LogP contribution in [0.3, 0.4) is 0 Å². The van der Waals surface area contributed by atoms with Crippen LogP contribution in [-0.4, -0.2) is 35.0 Å². The lowest BCUT2D eigenvalue weighted by molar-refractivity contribution is -0.142. The van der Waals surface area contributed by atoms with Crippen molar-refractivity contribution in [1.29, 1.82) is 5.26 Å². The number of carbonyl (C=O) groups is 3. The van der Waals surface area contributed by atoms with Gasteiger partial charge in [-0.2, -0.15) is 5.26 Å². The van der Waals surface area contributed by atoms with Crippen molar-refractivity contribution >= 4 is 41.1 Å². The third-order valence-electron chi connectivity index (χ3n) is 5.73. The second-order valence-corrected chi connectivity index (χ2v) is 9.41. The average Bonchev–Trinajstić information content (AvgIpc) is 3.19. The summed E-state index contributed by atoms with van der Waals surface area (Å²) in [5.74, 6) is -2.52. The van der Waals surface area contributed by atoms with Gasteiger partial charge in [-0.3, -0.25) is 19.3 Å². The van der Waals surface area contributed by atoms with Crippen LogP contribution < -0.4 is 11.1 Å². The van der Waals surface area contributed by atoms with Crippen LogP contribution in [0.1, 0.15) is 23.5 Å². The van der Waals surface area contributed by atoms with E-state index in [9.17, 15) is 19.6 Å². The number of hydrogen-bond donors (Lipinski definition) is 2. The molecule has 8 nitrogen and oxygen atoms in total. The first-order chi connectivity index (χ1) is 16.9. The first kappa shape index (κ1) is 24.4. The van der Waals surface area contributed by atoms with Crippen LogP contribution in [0.2, 0.25) is 5.02 Å². The molecule has 2 atom stereocenters. The molecule has 178 valence electrons. The van der Waals surface area contributed by atoms with Gasteiger partial charge in [0.2, 0.25) is 5.91 Å². The van der Waals surface area contributed by atoms with Crippen molar-refractivity contribution in [3.8, 4) is 6.07 Å². The summed E-state index contributed by atoms with van der Waals surface area (Å²) in [5.41, 5.74) is 7.91. The van der Waals surface area contributed by atoms with Crippen molar-refractivity contribution in [2.24, 2.45) is 5.73 Å². The number of ether oxygens (including phenoxy) is 1. The van der Waals surface area contributed by atoms with E-state index in [-0.39, 0.29) is 35.0 Å². The fourth-order valence-electron chi connectivity index (χ4n) is 4.04. The molecule has 10 heteroatoms. The van der Waals surface area contributed by atoms with E-state index in [4.69, 9.17) is 22.1 Å². The number of nitrogens with one attached hydrogen (secondary N) is 1. The normalized spacial score (nSPS) is 19.3. The van der Waals surface area contributed by atoms with Gasteiger partial charge in [0.25, 0.3) is 5.91 Å². The Hall–Kier alpha value is -3.74. The Morgan fingerprint density at radius 1 is 1.20 bits per heavy atom. The molecule has 2 heterocycles. The molecule has 2 aromatic carbocycles. The zero-order chi connectivity index (χ0) is 25.1. The highest BCUT2D eigenvalue weighted by atomic mass is 35.5. The SMILES string of the molecule is COC(=O)C[C@@H]1SC2=C(C(=O)NCc3ccccc3)[C@H](c3ccccc3Cl)C(C#N)=C(N)N2C1=O. The molecular weight excluding hydrogens is 488 g/mol. The minimum atomic E-state index is -0.895. The van der Waals surface area contributed by atoms with E-state index in [0.717, 1.165) is 22.2 Å². The van der Waals surface area contributed by atoms with E-state index in [1.54, 1.807) is 24.3 Å². The largest absolute Gasteiger partial charge is 0.469 e. The number of nitrogens with two attached hydrogens (primary N) is 1. The van der Waals surface area contributed by atoms with Crippen LogP contribution in [0.5, 0.6) is 0 Å². The zero-order valence-corrected chi connectivity index (χ0v) is 20.2. The van der Waals surface area contributed by atoms with Gasteiger partial charge in [-0.1, -0.05) is 71.9 Å².